The van der Waals surface area contributed by atoms with E-state index in [-0.39, 0.29) is 17.5 Å². The predicted octanol–water partition coefficient (Wildman–Crippen LogP) is 4.51. The summed E-state index contributed by atoms with van der Waals surface area (Å²) in [5, 5.41) is 17.4. The van der Waals surface area contributed by atoms with Crippen molar-refractivity contribution in [3.63, 3.8) is 0 Å². The largest absolute Gasteiger partial charge is 0.326 e. The Labute approximate surface area is 175 Å². The highest BCUT2D eigenvalue weighted by Crippen LogP contribution is 2.17. The fourth-order valence-corrected chi connectivity index (χ4v) is 2.96. The molecule has 2 rings (SSSR count). The number of nitro groups is 1. The van der Waals surface area contributed by atoms with E-state index >= 15 is 0 Å². The summed E-state index contributed by atoms with van der Waals surface area (Å²) in [6, 6.07) is 12.4. The van der Waals surface area contributed by atoms with Gasteiger partial charge in [0.05, 0.1) is 11.1 Å². The van der Waals surface area contributed by atoms with E-state index in [1.165, 1.54) is 30.5 Å². The molecule has 0 atom stereocenters. The van der Waals surface area contributed by atoms with E-state index < -0.39 is 10.8 Å². The second kappa shape index (κ2) is 11.5. The summed E-state index contributed by atoms with van der Waals surface area (Å²) in [4.78, 5) is 34.7. The minimum Gasteiger partial charge on any atom is -0.326 e. The molecule has 0 radical (unpaired) electrons. The number of hydrogen-bond donors (Lipinski definition) is 2. The van der Waals surface area contributed by atoms with Crippen LogP contribution in [0.4, 0.5) is 11.4 Å². The van der Waals surface area contributed by atoms with Gasteiger partial charge in [-0.2, -0.15) is 5.10 Å². The fraction of sp³-hybridized carbons (Fsp3) is 0.318. The van der Waals surface area contributed by atoms with Gasteiger partial charge in [0, 0.05) is 29.3 Å². The smallest absolute Gasteiger partial charge is 0.271 e. The van der Waals surface area contributed by atoms with Crippen LogP contribution >= 0.6 is 0 Å². The summed E-state index contributed by atoms with van der Waals surface area (Å²) in [6.45, 7) is 4.13. The van der Waals surface area contributed by atoms with E-state index in [0.717, 1.165) is 25.7 Å². The molecular formula is C22H26N4O4. The lowest BCUT2D eigenvalue weighted by Gasteiger charge is -2.15. The lowest BCUT2D eigenvalue weighted by atomic mass is 9.97. The van der Waals surface area contributed by atoms with Crippen molar-refractivity contribution >= 4 is 29.4 Å². The number of nitrogens with zero attached hydrogens (tertiary/aromatic N) is 2. The van der Waals surface area contributed by atoms with E-state index in [9.17, 15) is 19.7 Å². The van der Waals surface area contributed by atoms with E-state index in [0.29, 0.717) is 16.8 Å². The van der Waals surface area contributed by atoms with Gasteiger partial charge in [-0.25, -0.2) is 5.43 Å². The number of benzene rings is 2. The van der Waals surface area contributed by atoms with Crippen LogP contribution in [0.1, 0.15) is 55.5 Å². The van der Waals surface area contributed by atoms with Crippen LogP contribution in [0.15, 0.2) is 53.6 Å². The van der Waals surface area contributed by atoms with Crippen molar-refractivity contribution < 1.29 is 14.5 Å². The first kappa shape index (κ1) is 22.7. The molecule has 2 amide bonds. The molecule has 0 fully saturated rings. The van der Waals surface area contributed by atoms with Crippen molar-refractivity contribution in [3.8, 4) is 0 Å². The maximum Gasteiger partial charge on any atom is 0.271 e. The van der Waals surface area contributed by atoms with Gasteiger partial charge in [0.15, 0.2) is 0 Å². The fourth-order valence-electron chi connectivity index (χ4n) is 2.96. The molecule has 0 aliphatic carbocycles. The summed E-state index contributed by atoms with van der Waals surface area (Å²) < 4.78 is 0. The van der Waals surface area contributed by atoms with Gasteiger partial charge in [0.1, 0.15) is 0 Å². The number of anilines is 1. The van der Waals surface area contributed by atoms with Gasteiger partial charge in [-0.05, 0) is 54.8 Å². The van der Waals surface area contributed by atoms with Crippen LogP contribution in [0, 0.1) is 16.0 Å². The lowest BCUT2D eigenvalue weighted by molar-refractivity contribution is -0.384. The van der Waals surface area contributed by atoms with Crippen molar-refractivity contribution in [2.24, 2.45) is 11.0 Å². The number of nitrogens with one attached hydrogen (secondary N) is 2. The summed E-state index contributed by atoms with van der Waals surface area (Å²) in [5.74, 6) is -0.402. The molecule has 0 bridgehead atoms. The molecular weight excluding hydrogens is 384 g/mol. The Morgan fingerprint density at radius 2 is 1.63 bits per heavy atom. The average molecular weight is 410 g/mol. The quantitative estimate of drug-likeness (QED) is 0.341. The van der Waals surface area contributed by atoms with E-state index in [4.69, 9.17) is 0 Å². The molecule has 0 aliphatic rings. The van der Waals surface area contributed by atoms with Gasteiger partial charge < -0.3 is 5.32 Å². The normalized spacial score (nSPS) is 10.9. The minimum atomic E-state index is -0.484. The Bertz CT molecular complexity index is 886. The Morgan fingerprint density at radius 3 is 2.17 bits per heavy atom. The molecule has 2 aromatic carbocycles. The monoisotopic (exact) mass is 410 g/mol. The molecule has 0 unspecified atom stereocenters. The van der Waals surface area contributed by atoms with Gasteiger partial charge in [0.25, 0.3) is 11.6 Å². The topological polar surface area (TPSA) is 114 Å². The number of nitro benzene ring substituents is 1. The molecule has 0 saturated heterocycles. The molecule has 0 aromatic heterocycles. The average Bonchev–Trinajstić information content (AvgIpc) is 2.74. The SMILES string of the molecule is CCCC(CCC)C(=O)Nc1ccc(C(=O)N/N=C/c2ccc([N+](=O)[O-])cc2)cc1. The van der Waals surface area contributed by atoms with Crippen LogP contribution in [0.2, 0.25) is 0 Å². The minimum absolute atomic E-state index is 0.00302. The number of hydrazone groups is 1. The zero-order valence-electron chi connectivity index (χ0n) is 17.1. The van der Waals surface area contributed by atoms with Gasteiger partial charge in [-0.15, -0.1) is 0 Å². The Kier molecular flexibility index (Phi) is 8.68. The molecule has 2 aromatic rings. The third kappa shape index (κ3) is 6.80. The number of non-ortho nitro benzene ring substituents is 1. The van der Waals surface area contributed by atoms with E-state index in [2.05, 4.69) is 29.7 Å². The third-order valence-electron chi connectivity index (χ3n) is 4.54. The van der Waals surface area contributed by atoms with Crippen molar-refractivity contribution in [1.29, 1.82) is 0 Å². The maximum atomic E-state index is 12.4. The zero-order chi connectivity index (χ0) is 21.9. The van der Waals surface area contributed by atoms with Gasteiger partial charge in [0.2, 0.25) is 5.91 Å². The van der Waals surface area contributed by atoms with Crippen LogP contribution in [-0.2, 0) is 4.79 Å². The number of amides is 2. The molecule has 158 valence electrons. The highest BCUT2D eigenvalue weighted by molar-refractivity contribution is 5.96. The molecule has 0 heterocycles. The summed E-state index contributed by atoms with van der Waals surface area (Å²) in [5.41, 5.74) is 4.05. The second-order valence-electron chi connectivity index (χ2n) is 6.89. The van der Waals surface area contributed by atoms with Crippen LogP contribution in [-0.4, -0.2) is 23.0 Å². The van der Waals surface area contributed by atoms with E-state index in [1.807, 2.05) is 0 Å². The first-order valence-electron chi connectivity index (χ1n) is 9.93. The molecule has 0 spiro atoms. The Morgan fingerprint density at radius 1 is 1.03 bits per heavy atom. The van der Waals surface area contributed by atoms with Crippen LogP contribution < -0.4 is 10.7 Å². The number of rotatable bonds is 10. The van der Waals surface area contributed by atoms with Crippen molar-refractivity contribution in [2.45, 2.75) is 39.5 Å². The number of carbonyl (C=O) groups excluding carboxylic acids is 2. The van der Waals surface area contributed by atoms with Crippen LogP contribution in [0.25, 0.3) is 0 Å². The van der Waals surface area contributed by atoms with Crippen molar-refractivity contribution in [3.05, 3.63) is 69.8 Å². The standard InChI is InChI=1S/C22H26N4O4/c1-3-5-17(6-4-2)21(27)24-19-11-9-18(10-12-19)22(28)25-23-15-16-7-13-20(14-8-16)26(29)30/h7-15,17H,3-6H2,1-2H3,(H,24,27)(H,25,28)/b23-15+. The summed E-state index contributed by atoms with van der Waals surface area (Å²) in [6.07, 6.45) is 5.02. The van der Waals surface area contributed by atoms with Crippen LogP contribution in [0.5, 0.6) is 0 Å². The van der Waals surface area contributed by atoms with Crippen molar-refractivity contribution in [2.75, 3.05) is 5.32 Å². The number of carbonyl (C=O) groups is 2. The highest BCUT2D eigenvalue weighted by Gasteiger charge is 2.16. The molecule has 30 heavy (non-hydrogen) atoms. The summed E-state index contributed by atoms with van der Waals surface area (Å²) >= 11 is 0. The second-order valence-corrected chi connectivity index (χ2v) is 6.89. The highest BCUT2D eigenvalue weighted by atomic mass is 16.6. The summed E-state index contributed by atoms with van der Waals surface area (Å²) in [7, 11) is 0. The van der Waals surface area contributed by atoms with Crippen molar-refractivity contribution in [1.82, 2.24) is 5.43 Å². The van der Waals surface area contributed by atoms with Gasteiger partial charge in [-0.3, -0.25) is 19.7 Å². The molecule has 8 heteroatoms. The van der Waals surface area contributed by atoms with E-state index in [1.54, 1.807) is 24.3 Å². The first-order chi connectivity index (χ1) is 14.4. The van der Waals surface area contributed by atoms with Gasteiger partial charge in [-0.1, -0.05) is 26.7 Å². The maximum absolute atomic E-state index is 12.4. The molecule has 2 N–H and O–H groups in total. The van der Waals surface area contributed by atoms with Gasteiger partial charge >= 0.3 is 0 Å². The predicted molar refractivity (Wildman–Crippen MR) is 117 cm³/mol. The molecule has 0 aliphatic heterocycles. The molecule has 0 saturated carbocycles. The Hall–Kier alpha value is -3.55. The zero-order valence-corrected chi connectivity index (χ0v) is 17.1. The third-order valence-corrected chi connectivity index (χ3v) is 4.54. The lowest BCUT2D eigenvalue weighted by Crippen LogP contribution is -2.23. The molecule has 8 nitrogen and oxygen atoms in total. The van der Waals surface area contributed by atoms with Crippen LogP contribution in [0.3, 0.4) is 0 Å². The first-order valence-corrected chi connectivity index (χ1v) is 9.93. The Balaban J connectivity index is 1.91. The number of hydrogen-bond acceptors (Lipinski definition) is 5.